The zero-order valence-corrected chi connectivity index (χ0v) is 39.4. The van der Waals surface area contributed by atoms with Crippen LogP contribution in [0.15, 0.2) is 12.2 Å². The molecule has 0 aliphatic heterocycles. The van der Waals surface area contributed by atoms with Gasteiger partial charge in [0.05, 0.1) is 32.2 Å². The third-order valence-electron chi connectivity index (χ3n) is 10.6. The number of aliphatic hydroxyl groups is 1. The number of hydrogen-bond donors (Lipinski definition) is 2. The Labute approximate surface area is 364 Å². The number of aliphatic hydroxyl groups excluding tert-OH is 1. The normalized spacial score (nSPS) is 12.0. The van der Waals surface area contributed by atoms with Crippen molar-refractivity contribution in [2.75, 3.05) is 59.3 Å². The van der Waals surface area contributed by atoms with Crippen molar-refractivity contribution < 1.29 is 43.8 Å². The molecule has 0 bridgehead atoms. The number of esters is 2. The van der Waals surface area contributed by atoms with Gasteiger partial charge in [0.25, 0.3) is 0 Å². The summed E-state index contributed by atoms with van der Waals surface area (Å²) in [6, 6.07) is 0. The Morgan fingerprint density at radius 3 is 1.39 bits per heavy atom. The second-order valence-corrected chi connectivity index (χ2v) is 16.2. The minimum atomic E-state index is -0.439. The first kappa shape index (κ1) is 59.5. The fourth-order valence-electron chi connectivity index (χ4n) is 6.63. The van der Waals surface area contributed by atoms with E-state index in [0.29, 0.717) is 32.7 Å². The highest BCUT2D eigenvalue weighted by Gasteiger charge is 2.18. The lowest BCUT2D eigenvalue weighted by atomic mass is 10.1. The Kier molecular flexibility index (Phi) is 51.3. The first-order valence-corrected chi connectivity index (χ1v) is 24.7. The highest BCUT2D eigenvalue weighted by Crippen LogP contribution is 2.14. The van der Waals surface area contributed by atoms with Gasteiger partial charge in [0.1, 0.15) is 0 Å². The zero-order valence-electron chi connectivity index (χ0n) is 39.4. The van der Waals surface area contributed by atoms with Crippen molar-refractivity contribution in [3.8, 4) is 0 Å². The minimum Gasteiger partial charge on any atom is -0.465 e. The molecule has 10 nitrogen and oxygen atoms in total. The molecule has 0 saturated heterocycles. The lowest BCUT2D eigenvalue weighted by molar-refractivity contribution is -0.255. The molecule has 0 aliphatic carbocycles. The average molecular weight is 844 g/mol. The predicted octanol–water partition coefficient (Wildman–Crippen LogP) is 12.8. The molecule has 0 aromatic carbocycles. The van der Waals surface area contributed by atoms with Crippen molar-refractivity contribution in [1.82, 2.24) is 4.90 Å². The summed E-state index contributed by atoms with van der Waals surface area (Å²) in [5.41, 5.74) is 0. The summed E-state index contributed by atoms with van der Waals surface area (Å²) < 4.78 is 22.9. The number of carbonyl (C=O) groups is 2. The molecule has 0 radical (unpaired) electrons. The molecule has 0 aromatic rings. The number of nitrogens with zero attached hydrogens (tertiary/aromatic N) is 1. The molecule has 0 heterocycles. The van der Waals surface area contributed by atoms with Crippen molar-refractivity contribution in [3.05, 3.63) is 12.2 Å². The van der Waals surface area contributed by atoms with Gasteiger partial charge in [-0.1, -0.05) is 162 Å². The summed E-state index contributed by atoms with van der Waals surface area (Å²) in [6.45, 7) is 15.7. The molecular formula is C49H97NO9. The smallest absolute Gasteiger partial charge is 0.305 e. The molecule has 0 aromatic heterocycles. The van der Waals surface area contributed by atoms with Gasteiger partial charge in [-0.2, -0.15) is 0 Å². The Balaban J connectivity index is 0. The first-order valence-electron chi connectivity index (χ1n) is 24.7. The van der Waals surface area contributed by atoms with Crippen LogP contribution < -0.4 is 0 Å². The first-order chi connectivity index (χ1) is 28.9. The number of ether oxygens (including phenoxy) is 4. The van der Waals surface area contributed by atoms with Crippen molar-refractivity contribution in [2.45, 2.75) is 227 Å². The van der Waals surface area contributed by atoms with E-state index in [1.807, 2.05) is 0 Å². The standard InChI is InChI=1S/C42H80O8.C7H17NO/c1-4-7-10-13-16-17-18-19-20-21-22-23-24-25-28-31-40(43)48-36-39(38-50-45)37-49-41(44)32-33-42(46-34-29-26-14-11-8-5-2)47-35-30-27-15-12-9-6-3;1-3-8(4-2)6-5-7-9/h19-20,39,42,45H,4-18,21-38H2,1-3H3;9H,3-7H2,1-2H3/b20-19-;. The van der Waals surface area contributed by atoms with E-state index < -0.39 is 12.2 Å². The minimum absolute atomic E-state index is 0.00196. The second-order valence-electron chi connectivity index (χ2n) is 16.2. The van der Waals surface area contributed by atoms with E-state index in [9.17, 15) is 9.59 Å². The molecule has 0 fully saturated rings. The average Bonchev–Trinajstić information content (AvgIpc) is 3.24. The van der Waals surface area contributed by atoms with E-state index in [1.54, 1.807) is 0 Å². The molecule has 0 aliphatic rings. The van der Waals surface area contributed by atoms with E-state index in [1.165, 1.54) is 109 Å². The maximum atomic E-state index is 12.6. The molecule has 0 amide bonds. The maximum absolute atomic E-state index is 12.6. The topological polar surface area (TPSA) is 124 Å². The maximum Gasteiger partial charge on any atom is 0.305 e. The van der Waals surface area contributed by atoms with Gasteiger partial charge >= 0.3 is 11.9 Å². The van der Waals surface area contributed by atoms with E-state index in [2.05, 4.69) is 56.6 Å². The summed E-state index contributed by atoms with van der Waals surface area (Å²) >= 11 is 0. The number of carbonyl (C=O) groups excluding carboxylic acids is 2. The summed E-state index contributed by atoms with van der Waals surface area (Å²) in [6.07, 6.45) is 36.0. The van der Waals surface area contributed by atoms with Crippen LogP contribution in [0.25, 0.3) is 0 Å². The van der Waals surface area contributed by atoms with E-state index in [-0.39, 0.29) is 38.2 Å². The molecule has 0 spiro atoms. The van der Waals surface area contributed by atoms with E-state index >= 15 is 0 Å². The molecule has 0 saturated carbocycles. The van der Waals surface area contributed by atoms with Crippen LogP contribution in [0.5, 0.6) is 0 Å². The Bertz CT molecular complexity index is 852. The van der Waals surface area contributed by atoms with Crippen molar-refractivity contribution >= 4 is 11.9 Å². The summed E-state index contributed by atoms with van der Waals surface area (Å²) in [5, 5.41) is 17.5. The SMILES string of the molecule is CCCCCCCC/C=C\CCCCCCCC(=O)OCC(COO)COC(=O)CCC(OCCCCCCCC)OCCCCCCCC.CCN(CC)CCCO. The molecule has 0 rings (SSSR count). The second kappa shape index (κ2) is 50.8. The summed E-state index contributed by atoms with van der Waals surface area (Å²) in [5.74, 6) is -1.08. The van der Waals surface area contributed by atoms with Crippen LogP contribution in [0.4, 0.5) is 0 Å². The number of allylic oxidation sites excluding steroid dienone is 2. The van der Waals surface area contributed by atoms with E-state index in [4.69, 9.17) is 29.3 Å². The van der Waals surface area contributed by atoms with Crippen LogP contribution in [0.3, 0.4) is 0 Å². The number of unbranched alkanes of at least 4 members (excludes halogenated alkanes) is 21. The summed E-state index contributed by atoms with van der Waals surface area (Å²) in [7, 11) is 0. The Morgan fingerprint density at radius 1 is 0.525 bits per heavy atom. The largest absolute Gasteiger partial charge is 0.465 e. The van der Waals surface area contributed by atoms with Gasteiger partial charge in [-0.05, 0) is 64.5 Å². The van der Waals surface area contributed by atoms with Gasteiger partial charge in [0, 0.05) is 39.2 Å². The van der Waals surface area contributed by atoms with Crippen LogP contribution in [-0.2, 0) is 33.4 Å². The van der Waals surface area contributed by atoms with Crippen molar-refractivity contribution in [3.63, 3.8) is 0 Å². The zero-order chi connectivity index (χ0) is 43.7. The Hall–Kier alpha value is -1.56. The number of rotatable bonds is 45. The summed E-state index contributed by atoms with van der Waals surface area (Å²) in [4.78, 5) is 31.4. The lowest BCUT2D eigenvalue weighted by Crippen LogP contribution is -2.25. The molecule has 10 heteroatoms. The van der Waals surface area contributed by atoms with Gasteiger partial charge in [0.2, 0.25) is 0 Å². The van der Waals surface area contributed by atoms with Crippen molar-refractivity contribution in [1.29, 1.82) is 0 Å². The van der Waals surface area contributed by atoms with Crippen LogP contribution in [0.1, 0.15) is 221 Å². The molecule has 352 valence electrons. The predicted molar refractivity (Wildman–Crippen MR) is 245 cm³/mol. The molecular weight excluding hydrogens is 747 g/mol. The molecule has 1 unspecified atom stereocenters. The number of hydrogen-bond acceptors (Lipinski definition) is 10. The third-order valence-corrected chi connectivity index (χ3v) is 10.6. The van der Waals surface area contributed by atoms with Gasteiger partial charge in [-0.25, -0.2) is 4.89 Å². The lowest BCUT2D eigenvalue weighted by Gasteiger charge is -2.19. The molecule has 1 atom stereocenters. The fraction of sp³-hybridized carbons (Fsp3) is 0.918. The van der Waals surface area contributed by atoms with Crippen molar-refractivity contribution in [2.24, 2.45) is 5.92 Å². The third kappa shape index (κ3) is 47.3. The van der Waals surface area contributed by atoms with Gasteiger partial charge < -0.3 is 29.0 Å². The fourth-order valence-corrected chi connectivity index (χ4v) is 6.63. The van der Waals surface area contributed by atoms with Crippen LogP contribution >= 0.6 is 0 Å². The van der Waals surface area contributed by atoms with Crippen LogP contribution in [0, 0.1) is 5.92 Å². The highest BCUT2D eigenvalue weighted by atomic mass is 17.1. The van der Waals surface area contributed by atoms with Gasteiger partial charge in [-0.3, -0.25) is 14.8 Å². The van der Waals surface area contributed by atoms with Gasteiger partial charge in [-0.15, -0.1) is 0 Å². The van der Waals surface area contributed by atoms with Crippen LogP contribution in [-0.4, -0.2) is 92.8 Å². The van der Waals surface area contributed by atoms with Crippen LogP contribution in [0.2, 0.25) is 0 Å². The monoisotopic (exact) mass is 844 g/mol. The highest BCUT2D eigenvalue weighted by molar-refractivity contribution is 5.69. The molecule has 2 N–H and O–H groups in total. The molecule has 59 heavy (non-hydrogen) atoms. The van der Waals surface area contributed by atoms with E-state index in [0.717, 1.165) is 77.4 Å². The Morgan fingerprint density at radius 2 is 0.949 bits per heavy atom. The quantitative estimate of drug-likeness (QED) is 0.0153. The van der Waals surface area contributed by atoms with Gasteiger partial charge in [0.15, 0.2) is 6.29 Å².